The van der Waals surface area contributed by atoms with Crippen LogP contribution >= 0.6 is 27.7 Å². The first-order valence-corrected chi connectivity index (χ1v) is 8.27. The number of anilines is 2. The molecule has 0 atom stereocenters. The highest BCUT2D eigenvalue weighted by molar-refractivity contribution is 9.10. The van der Waals surface area contributed by atoms with Crippen LogP contribution in [0.4, 0.5) is 11.9 Å². The van der Waals surface area contributed by atoms with Crippen molar-refractivity contribution in [2.45, 2.75) is 22.9 Å². The zero-order valence-electron chi connectivity index (χ0n) is 11.3. The van der Waals surface area contributed by atoms with Crippen molar-refractivity contribution in [3.63, 3.8) is 0 Å². The molecule has 2 aromatic rings. The number of nitrogen functional groups attached to an aromatic ring is 1. The van der Waals surface area contributed by atoms with E-state index >= 15 is 0 Å². The lowest BCUT2D eigenvalue weighted by Gasteiger charge is -2.16. The van der Waals surface area contributed by atoms with Gasteiger partial charge in [-0.1, -0.05) is 12.1 Å². The lowest BCUT2D eigenvalue weighted by atomic mass is 10.4. The Labute approximate surface area is 135 Å². The fraction of sp³-hybridized carbons (Fsp3) is 0.308. The Balaban J connectivity index is 1.90. The van der Waals surface area contributed by atoms with Crippen LogP contribution in [0.3, 0.4) is 0 Å². The van der Waals surface area contributed by atoms with Crippen molar-refractivity contribution in [1.82, 2.24) is 15.0 Å². The predicted molar refractivity (Wildman–Crippen MR) is 87.3 cm³/mol. The normalized spacial score (nSPS) is 14.5. The third kappa shape index (κ3) is 3.45. The highest BCUT2D eigenvalue weighted by Gasteiger charge is 2.17. The number of nitrogens with zero attached hydrogens (tertiary/aromatic N) is 4. The van der Waals surface area contributed by atoms with Crippen molar-refractivity contribution in [3.05, 3.63) is 28.7 Å². The lowest BCUT2D eigenvalue weighted by molar-refractivity contribution is 0.827. The molecule has 0 aliphatic carbocycles. The van der Waals surface area contributed by atoms with Crippen LogP contribution in [-0.2, 0) is 0 Å². The molecular weight excluding hydrogens is 352 g/mol. The molecule has 1 aromatic carbocycles. The van der Waals surface area contributed by atoms with Crippen LogP contribution in [-0.4, -0.2) is 28.0 Å². The van der Waals surface area contributed by atoms with E-state index in [2.05, 4.69) is 41.2 Å². The van der Waals surface area contributed by atoms with E-state index in [4.69, 9.17) is 5.84 Å². The molecule has 3 rings (SSSR count). The minimum Gasteiger partial charge on any atom is -0.341 e. The second-order valence-corrected chi connectivity index (χ2v) is 6.48. The second kappa shape index (κ2) is 6.59. The van der Waals surface area contributed by atoms with Crippen LogP contribution < -0.4 is 16.2 Å². The average Bonchev–Trinajstić information content (AvgIpc) is 3.04. The van der Waals surface area contributed by atoms with Gasteiger partial charge < -0.3 is 4.90 Å². The van der Waals surface area contributed by atoms with E-state index in [1.54, 1.807) is 0 Å². The Morgan fingerprint density at radius 2 is 1.90 bits per heavy atom. The SMILES string of the molecule is NNc1nc(Sc2ccccc2Br)nc(N2CCCC2)n1. The number of hydrazine groups is 1. The van der Waals surface area contributed by atoms with E-state index in [-0.39, 0.29) is 0 Å². The van der Waals surface area contributed by atoms with Crippen molar-refractivity contribution >= 4 is 39.6 Å². The Kier molecular flexibility index (Phi) is 4.57. The number of hydrogen-bond acceptors (Lipinski definition) is 7. The van der Waals surface area contributed by atoms with Gasteiger partial charge in [0, 0.05) is 22.5 Å². The van der Waals surface area contributed by atoms with Crippen molar-refractivity contribution < 1.29 is 0 Å². The Hall–Kier alpha value is -1.38. The summed E-state index contributed by atoms with van der Waals surface area (Å²) in [4.78, 5) is 16.4. The number of nitrogens with one attached hydrogen (secondary N) is 1. The first-order valence-electron chi connectivity index (χ1n) is 6.66. The summed E-state index contributed by atoms with van der Waals surface area (Å²) in [5.74, 6) is 6.55. The largest absolute Gasteiger partial charge is 0.341 e. The first-order chi connectivity index (χ1) is 10.3. The fourth-order valence-corrected chi connectivity index (χ4v) is 3.44. The maximum Gasteiger partial charge on any atom is 0.242 e. The third-order valence-corrected chi connectivity index (χ3v) is 5.05. The van der Waals surface area contributed by atoms with Gasteiger partial charge in [0.05, 0.1) is 0 Å². The smallest absolute Gasteiger partial charge is 0.242 e. The molecule has 0 spiro atoms. The molecule has 6 nitrogen and oxygen atoms in total. The molecule has 0 amide bonds. The van der Waals surface area contributed by atoms with Crippen molar-refractivity contribution in [2.24, 2.45) is 5.84 Å². The van der Waals surface area contributed by atoms with Gasteiger partial charge in [-0.2, -0.15) is 15.0 Å². The molecule has 0 unspecified atom stereocenters. The topological polar surface area (TPSA) is 80.0 Å². The summed E-state index contributed by atoms with van der Waals surface area (Å²) >= 11 is 5.02. The van der Waals surface area contributed by atoms with E-state index < -0.39 is 0 Å². The fourth-order valence-electron chi connectivity index (χ4n) is 2.14. The van der Waals surface area contributed by atoms with E-state index in [9.17, 15) is 0 Å². The summed E-state index contributed by atoms with van der Waals surface area (Å²) in [5, 5.41) is 0.631. The monoisotopic (exact) mass is 366 g/mol. The molecule has 2 heterocycles. The van der Waals surface area contributed by atoms with E-state index in [0.29, 0.717) is 17.1 Å². The van der Waals surface area contributed by atoms with E-state index in [1.165, 1.54) is 24.6 Å². The molecule has 21 heavy (non-hydrogen) atoms. The molecule has 0 bridgehead atoms. The molecule has 8 heteroatoms. The highest BCUT2D eigenvalue weighted by Crippen LogP contribution is 2.32. The lowest BCUT2D eigenvalue weighted by Crippen LogP contribution is -2.22. The molecule has 1 aromatic heterocycles. The number of benzene rings is 1. The average molecular weight is 367 g/mol. The van der Waals surface area contributed by atoms with Crippen molar-refractivity contribution in [2.75, 3.05) is 23.4 Å². The molecule has 3 N–H and O–H groups in total. The van der Waals surface area contributed by atoms with Crippen LogP contribution in [0.25, 0.3) is 0 Å². The van der Waals surface area contributed by atoms with Crippen LogP contribution in [0.2, 0.25) is 0 Å². The van der Waals surface area contributed by atoms with Crippen molar-refractivity contribution in [3.8, 4) is 0 Å². The van der Waals surface area contributed by atoms with Crippen LogP contribution in [0.15, 0.2) is 38.8 Å². The van der Waals surface area contributed by atoms with Gasteiger partial charge in [0.15, 0.2) is 5.16 Å². The van der Waals surface area contributed by atoms with Crippen LogP contribution in [0.5, 0.6) is 0 Å². The molecule has 1 aliphatic rings. The quantitative estimate of drug-likeness (QED) is 0.635. The summed E-state index contributed by atoms with van der Waals surface area (Å²) < 4.78 is 1.01. The van der Waals surface area contributed by atoms with Gasteiger partial charge in [-0.15, -0.1) is 0 Å². The molecule has 1 saturated heterocycles. The minimum absolute atomic E-state index is 0.390. The summed E-state index contributed by atoms with van der Waals surface area (Å²) in [7, 11) is 0. The number of rotatable bonds is 4. The standard InChI is InChI=1S/C13H15BrN6S/c14-9-5-1-2-6-10(9)21-13-17-11(19-15)16-12(18-13)20-7-3-4-8-20/h1-2,5-6H,3-4,7-8,15H2,(H,16,17,18,19). The summed E-state index contributed by atoms with van der Waals surface area (Å²) in [6.45, 7) is 1.96. The Bertz CT molecular complexity index is 632. The van der Waals surface area contributed by atoms with Gasteiger partial charge in [0.25, 0.3) is 0 Å². The number of hydrogen-bond donors (Lipinski definition) is 2. The van der Waals surface area contributed by atoms with Gasteiger partial charge in [-0.25, -0.2) is 5.84 Å². The van der Waals surface area contributed by atoms with Gasteiger partial charge in [-0.05, 0) is 52.7 Å². The van der Waals surface area contributed by atoms with Gasteiger partial charge >= 0.3 is 0 Å². The first kappa shape index (κ1) is 14.6. The molecule has 0 saturated carbocycles. The predicted octanol–water partition coefficient (Wildman–Crippen LogP) is 2.67. The Morgan fingerprint density at radius 1 is 1.14 bits per heavy atom. The second-order valence-electron chi connectivity index (χ2n) is 4.61. The maximum absolute atomic E-state index is 5.47. The summed E-state index contributed by atoms with van der Waals surface area (Å²) in [5.41, 5.74) is 2.52. The van der Waals surface area contributed by atoms with E-state index in [1.807, 2.05) is 24.3 Å². The summed E-state index contributed by atoms with van der Waals surface area (Å²) in [6.07, 6.45) is 2.34. The van der Waals surface area contributed by atoms with Crippen molar-refractivity contribution in [1.29, 1.82) is 0 Å². The van der Waals surface area contributed by atoms with E-state index in [0.717, 1.165) is 22.5 Å². The molecule has 0 radical (unpaired) electrons. The van der Waals surface area contributed by atoms with Gasteiger partial charge in [0.2, 0.25) is 11.9 Å². The van der Waals surface area contributed by atoms with Gasteiger partial charge in [-0.3, -0.25) is 5.43 Å². The number of nitrogens with two attached hydrogens (primary N) is 1. The molecule has 110 valence electrons. The zero-order valence-corrected chi connectivity index (χ0v) is 13.7. The number of halogens is 1. The maximum atomic E-state index is 5.47. The number of aromatic nitrogens is 3. The highest BCUT2D eigenvalue weighted by atomic mass is 79.9. The van der Waals surface area contributed by atoms with Gasteiger partial charge in [0.1, 0.15) is 0 Å². The van der Waals surface area contributed by atoms with Crippen LogP contribution in [0.1, 0.15) is 12.8 Å². The molecule has 1 aliphatic heterocycles. The molecular formula is C13H15BrN6S. The zero-order chi connectivity index (χ0) is 14.7. The molecule has 1 fully saturated rings. The third-order valence-electron chi connectivity index (χ3n) is 3.16. The Morgan fingerprint density at radius 3 is 2.62 bits per heavy atom. The summed E-state index contributed by atoms with van der Waals surface area (Å²) in [6, 6.07) is 7.97. The van der Waals surface area contributed by atoms with Crippen LogP contribution in [0, 0.1) is 0 Å². The minimum atomic E-state index is 0.390.